The molecule has 3 heterocycles. The van der Waals surface area contributed by atoms with Gasteiger partial charge >= 0.3 is 0 Å². The zero-order valence-electron chi connectivity index (χ0n) is 19.4. The van der Waals surface area contributed by atoms with E-state index in [0.29, 0.717) is 22.7 Å². The number of unbranched alkanes of at least 4 members (excludes halogenated alkanes) is 1. The lowest BCUT2D eigenvalue weighted by atomic mass is 10.1. The predicted molar refractivity (Wildman–Crippen MR) is 136 cm³/mol. The highest BCUT2D eigenvalue weighted by Crippen LogP contribution is 2.29. The number of aromatic hydroxyl groups is 1. The molecule has 5 rings (SSSR count). The van der Waals surface area contributed by atoms with Crippen LogP contribution in [0.5, 0.6) is 5.75 Å². The van der Waals surface area contributed by atoms with Gasteiger partial charge in [0.2, 0.25) is 0 Å². The van der Waals surface area contributed by atoms with Crippen molar-refractivity contribution in [1.82, 2.24) is 19.9 Å². The molecular formula is C29H26N4O. The molecule has 1 N–H and O–H groups in total. The fourth-order valence-corrected chi connectivity index (χ4v) is 4.00. The van der Waals surface area contributed by atoms with E-state index in [1.165, 1.54) is 18.4 Å². The molecule has 168 valence electrons. The van der Waals surface area contributed by atoms with Gasteiger partial charge < -0.3 is 5.11 Å². The van der Waals surface area contributed by atoms with Gasteiger partial charge in [-0.15, -0.1) is 0 Å². The van der Waals surface area contributed by atoms with Crippen molar-refractivity contribution < 1.29 is 5.11 Å². The molecule has 0 saturated heterocycles. The number of aryl methyl sites for hydroxylation is 2. The Bertz CT molecular complexity index is 1460. The van der Waals surface area contributed by atoms with E-state index >= 15 is 0 Å². The third-order valence-corrected chi connectivity index (χ3v) is 5.87. The summed E-state index contributed by atoms with van der Waals surface area (Å²) in [4.78, 5) is 19.1. The number of para-hydroxylation sites is 1. The average molecular weight is 447 g/mol. The van der Waals surface area contributed by atoms with Crippen molar-refractivity contribution in [1.29, 1.82) is 0 Å². The Labute approximate surface area is 199 Å². The van der Waals surface area contributed by atoms with E-state index in [1.54, 1.807) is 6.07 Å². The zero-order valence-corrected chi connectivity index (χ0v) is 19.4. The summed E-state index contributed by atoms with van der Waals surface area (Å²) in [5.41, 5.74) is 6.61. The van der Waals surface area contributed by atoms with E-state index in [9.17, 15) is 5.11 Å². The van der Waals surface area contributed by atoms with Crippen LogP contribution in [0.4, 0.5) is 0 Å². The number of fused-ring (bicyclic) bond motifs is 1. The number of nitrogens with zero attached hydrogens (tertiary/aromatic N) is 4. The number of hydrogen-bond donors (Lipinski definition) is 1. The van der Waals surface area contributed by atoms with Crippen molar-refractivity contribution >= 4 is 10.9 Å². The Morgan fingerprint density at radius 3 is 2.18 bits per heavy atom. The second kappa shape index (κ2) is 9.40. The molecule has 0 saturated carbocycles. The highest BCUT2D eigenvalue weighted by atomic mass is 16.3. The van der Waals surface area contributed by atoms with E-state index in [4.69, 9.17) is 15.0 Å². The summed E-state index contributed by atoms with van der Waals surface area (Å²) >= 11 is 0. The number of hydrogen-bond acceptors (Lipinski definition) is 5. The number of phenols is 1. The monoisotopic (exact) mass is 446 g/mol. The molecule has 5 nitrogen and oxygen atoms in total. The summed E-state index contributed by atoms with van der Waals surface area (Å²) in [7, 11) is 0. The summed E-state index contributed by atoms with van der Waals surface area (Å²) in [6.07, 6.45) is 3.42. The molecule has 0 aliphatic heterocycles. The first-order valence-electron chi connectivity index (χ1n) is 11.6. The normalized spacial score (nSPS) is 11.1. The molecule has 5 aromatic rings. The lowest BCUT2D eigenvalue weighted by molar-refractivity contribution is 0.480. The van der Waals surface area contributed by atoms with Gasteiger partial charge in [-0.1, -0.05) is 61.9 Å². The van der Waals surface area contributed by atoms with Crippen molar-refractivity contribution in [2.75, 3.05) is 0 Å². The molecule has 3 aromatic heterocycles. The number of phenolic OH excluding ortho intramolecular Hbond substituents is 1. The predicted octanol–water partition coefficient (Wildman–Crippen LogP) is 6.78. The Kier molecular flexibility index (Phi) is 6.00. The van der Waals surface area contributed by atoms with Crippen LogP contribution < -0.4 is 0 Å². The number of rotatable bonds is 6. The number of pyridine rings is 2. The maximum Gasteiger partial charge on any atom is 0.160 e. The summed E-state index contributed by atoms with van der Waals surface area (Å²) in [6.45, 7) is 4.17. The van der Waals surface area contributed by atoms with Crippen LogP contribution in [-0.4, -0.2) is 25.0 Å². The van der Waals surface area contributed by atoms with Gasteiger partial charge in [-0.2, -0.15) is 0 Å². The highest BCUT2D eigenvalue weighted by molar-refractivity contribution is 5.86. The average Bonchev–Trinajstić information content (AvgIpc) is 2.87. The second-order valence-corrected chi connectivity index (χ2v) is 8.47. The Morgan fingerprint density at radius 2 is 1.44 bits per heavy atom. The van der Waals surface area contributed by atoms with Crippen LogP contribution >= 0.6 is 0 Å². The lowest BCUT2D eigenvalue weighted by Gasteiger charge is -2.10. The number of aromatic nitrogens is 4. The Hall–Kier alpha value is -4.12. The van der Waals surface area contributed by atoms with Crippen LogP contribution in [0, 0.1) is 6.92 Å². The SMILES string of the molecule is CCCCc1ccc(-c2nc(-c3cccc(C)n3)cc(-c3ccc4cccc(O)c4n3)n2)cc1. The van der Waals surface area contributed by atoms with E-state index in [2.05, 4.69) is 36.2 Å². The van der Waals surface area contributed by atoms with Crippen LogP contribution in [0.25, 0.3) is 45.1 Å². The standard InChI is InChI=1S/C29H26N4O/c1-3-4-8-20-12-14-22(15-13-20)29-32-25(23-10-5-7-19(2)30-23)18-26(33-29)24-17-16-21-9-6-11-27(34)28(21)31-24/h5-7,9-18,34H,3-4,8H2,1-2H3. The molecule has 0 spiro atoms. The largest absolute Gasteiger partial charge is 0.506 e. The Balaban J connectivity index is 1.64. The number of benzene rings is 2. The maximum atomic E-state index is 10.3. The van der Waals surface area contributed by atoms with Crippen LogP contribution in [0.15, 0.2) is 78.9 Å². The first kappa shape index (κ1) is 21.7. The van der Waals surface area contributed by atoms with Gasteiger partial charge in [0.05, 0.1) is 22.8 Å². The van der Waals surface area contributed by atoms with Crippen LogP contribution in [0.2, 0.25) is 0 Å². The van der Waals surface area contributed by atoms with Crippen LogP contribution in [0.3, 0.4) is 0 Å². The molecule has 0 radical (unpaired) electrons. The molecule has 0 atom stereocenters. The minimum Gasteiger partial charge on any atom is -0.506 e. The van der Waals surface area contributed by atoms with E-state index in [0.717, 1.165) is 34.5 Å². The minimum atomic E-state index is 0.150. The smallest absolute Gasteiger partial charge is 0.160 e. The quantitative estimate of drug-likeness (QED) is 0.311. The van der Waals surface area contributed by atoms with E-state index < -0.39 is 0 Å². The van der Waals surface area contributed by atoms with E-state index in [1.807, 2.05) is 55.5 Å². The maximum absolute atomic E-state index is 10.3. The second-order valence-electron chi connectivity index (χ2n) is 8.47. The van der Waals surface area contributed by atoms with Gasteiger partial charge in [0.1, 0.15) is 11.3 Å². The highest BCUT2D eigenvalue weighted by Gasteiger charge is 2.13. The topological polar surface area (TPSA) is 71.8 Å². The van der Waals surface area contributed by atoms with Crippen molar-refractivity contribution in [3.63, 3.8) is 0 Å². The molecule has 0 unspecified atom stereocenters. The van der Waals surface area contributed by atoms with E-state index in [-0.39, 0.29) is 5.75 Å². The summed E-state index contributed by atoms with van der Waals surface area (Å²) < 4.78 is 0. The first-order chi connectivity index (χ1) is 16.6. The summed E-state index contributed by atoms with van der Waals surface area (Å²) in [5, 5.41) is 11.2. The van der Waals surface area contributed by atoms with Gasteiger partial charge in [0.15, 0.2) is 5.82 Å². The lowest BCUT2D eigenvalue weighted by Crippen LogP contribution is -1.99. The van der Waals surface area contributed by atoms with Crippen molar-refractivity contribution in [3.05, 3.63) is 90.1 Å². The molecule has 34 heavy (non-hydrogen) atoms. The third-order valence-electron chi connectivity index (χ3n) is 5.87. The molecule has 0 bridgehead atoms. The van der Waals surface area contributed by atoms with Gasteiger partial charge in [-0.3, -0.25) is 4.98 Å². The van der Waals surface area contributed by atoms with Gasteiger partial charge in [0.25, 0.3) is 0 Å². The molecule has 0 aliphatic rings. The fraction of sp³-hybridized carbons (Fsp3) is 0.172. The van der Waals surface area contributed by atoms with Crippen molar-refractivity contribution in [3.8, 4) is 39.9 Å². The molecule has 5 heteroatoms. The Morgan fingerprint density at radius 1 is 0.706 bits per heavy atom. The molecule has 2 aromatic carbocycles. The van der Waals surface area contributed by atoms with Gasteiger partial charge in [-0.05, 0) is 55.7 Å². The molecule has 0 amide bonds. The molecular weight excluding hydrogens is 420 g/mol. The summed E-state index contributed by atoms with van der Waals surface area (Å²) in [5.74, 6) is 0.772. The fourth-order valence-electron chi connectivity index (χ4n) is 4.00. The minimum absolute atomic E-state index is 0.150. The van der Waals surface area contributed by atoms with Crippen molar-refractivity contribution in [2.24, 2.45) is 0 Å². The first-order valence-corrected chi connectivity index (χ1v) is 11.6. The zero-order chi connectivity index (χ0) is 23.5. The van der Waals surface area contributed by atoms with Gasteiger partial charge in [-0.25, -0.2) is 15.0 Å². The third kappa shape index (κ3) is 4.50. The molecule has 0 fully saturated rings. The summed E-state index contributed by atoms with van der Waals surface area (Å²) in [6, 6.07) is 25.5. The van der Waals surface area contributed by atoms with Crippen LogP contribution in [0.1, 0.15) is 31.0 Å². The van der Waals surface area contributed by atoms with Crippen molar-refractivity contribution in [2.45, 2.75) is 33.1 Å². The van der Waals surface area contributed by atoms with Gasteiger partial charge in [0, 0.05) is 16.6 Å². The molecule has 0 aliphatic carbocycles. The van der Waals surface area contributed by atoms with Crippen LogP contribution in [-0.2, 0) is 6.42 Å².